The highest BCUT2D eigenvalue weighted by Gasteiger charge is 2.32. The van der Waals surface area contributed by atoms with Crippen LogP contribution in [-0.2, 0) is 0 Å². The first-order valence-corrected chi connectivity index (χ1v) is 5.06. The highest BCUT2D eigenvalue weighted by Crippen LogP contribution is 2.39. The Labute approximate surface area is 81.2 Å². The van der Waals surface area contributed by atoms with E-state index < -0.39 is 0 Å². The molecule has 1 atom stereocenters. The van der Waals surface area contributed by atoms with Gasteiger partial charge in [0.05, 0.1) is 6.10 Å². The van der Waals surface area contributed by atoms with Gasteiger partial charge in [0.15, 0.2) is 0 Å². The second-order valence-electron chi connectivity index (χ2n) is 4.83. The SMILES string of the molecule is CC(C)=C=C1C(O)CCCC1(C)C. The van der Waals surface area contributed by atoms with Gasteiger partial charge in [-0.1, -0.05) is 13.8 Å². The maximum atomic E-state index is 9.84. The van der Waals surface area contributed by atoms with E-state index in [1.165, 1.54) is 6.42 Å². The molecule has 1 aliphatic carbocycles. The van der Waals surface area contributed by atoms with Crippen molar-refractivity contribution in [1.29, 1.82) is 0 Å². The van der Waals surface area contributed by atoms with Crippen LogP contribution in [0.15, 0.2) is 16.9 Å². The number of aliphatic hydroxyl groups excluding tert-OH is 1. The van der Waals surface area contributed by atoms with Crippen molar-refractivity contribution < 1.29 is 5.11 Å². The van der Waals surface area contributed by atoms with Crippen LogP contribution < -0.4 is 0 Å². The van der Waals surface area contributed by atoms with Crippen LogP contribution in [0.2, 0.25) is 0 Å². The molecule has 1 nitrogen and oxygen atoms in total. The van der Waals surface area contributed by atoms with Crippen molar-refractivity contribution >= 4 is 0 Å². The van der Waals surface area contributed by atoms with Crippen molar-refractivity contribution in [2.75, 3.05) is 0 Å². The van der Waals surface area contributed by atoms with Gasteiger partial charge in [0.25, 0.3) is 0 Å². The first kappa shape index (κ1) is 10.6. The van der Waals surface area contributed by atoms with Crippen LogP contribution in [0.3, 0.4) is 0 Å². The maximum Gasteiger partial charge on any atom is 0.0829 e. The van der Waals surface area contributed by atoms with Crippen molar-refractivity contribution in [2.45, 2.75) is 53.1 Å². The number of rotatable bonds is 0. The summed E-state index contributed by atoms with van der Waals surface area (Å²) in [5.74, 6) is 0. The van der Waals surface area contributed by atoms with Crippen LogP contribution in [-0.4, -0.2) is 11.2 Å². The van der Waals surface area contributed by atoms with Crippen LogP contribution in [0.4, 0.5) is 0 Å². The molecule has 0 radical (unpaired) electrons. The molecule has 0 aromatic heterocycles. The van der Waals surface area contributed by atoms with Crippen molar-refractivity contribution in [3.05, 3.63) is 16.9 Å². The summed E-state index contributed by atoms with van der Waals surface area (Å²) < 4.78 is 0. The third kappa shape index (κ3) is 2.46. The zero-order valence-corrected chi connectivity index (χ0v) is 9.15. The van der Waals surface area contributed by atoms with E-state index >= 15 is 0 Å². The molecule has 0 saturated heterocycles. The lowest BCUT2D eigenvalue weighted by Gasteiger charge is -2.34. The molecule has 0 spiro atoms. The maximum absolute atomic E-state index is 9.84. The Kier molecular flexibility index (Phi) is 3.00. The predicted octanol–water partition coefficient (Wildman–Crippen LogP) is 3.05. The first-order valence-electron chi connectivity index (χ1n) is 5.06. The standard InChI is InChI=1S/C12H20O/c1-9(2)8-10-11(13)6-5-7-12(10,3)4/h11,13H,5-7H2,1-4H3. The van der Waals surface area contributed by atoms with E-state index in [1.54, 1.807) is 0 Å². The van der Waals surface area contributed by atoms with Crippen LogP contribution in [0.1, 0.15) is 47.0 Å². The summed E-state index contributed by atoms with van der Waals surface area (Å²) in [7, 11) is 0. The summed E-state index contributed by atoms with van der Waals surface area (Å²) in [6, 6.07) is 0. The number of hydrogen-bond acceptors (Lipinski definition) is 1. The van der Waals surface area contributed by atoms with Crippen LogP contribution in [0, 0.1) is 5.41 Å². The fraction of sp³-hybridized carbons (Fsp3) is 0.750. The summed E-state index contributed by atoms with van der Waals surface area (Å²) in [5.41, 5.74) is 5.69. The predicted molar refractivity (Wildman–Crippen MR) is 55.5 cm³/mol. The monoisotopic (exact) mass is 180 g/mol. The van der Waals surface area contributed by atoms with E-state index in [-0.39, 0.29) is 11.5 Å². The van der Waals surface area contributed by atoms with Crippen molar-refractivity contribution in [1.82, 2.24) is 0 Å². The van der Waals surface area contributed by atoms with E-state index in [0.717, 1.165) is 24.0 Å². The molecule has 0 heterocycles. The molecule has 1 unspecified atom stereocenters. The van der Waals surface area contributed by atoms with Gasteiger partial charge in [-0.15, -0.1) is 5.73 Å². The summed E-state index contributed by atoms with van der Waals surface area (Å²) in [5, 5.41) is 9.84. The van der Waals surface area contributed by atoms with Crippen molar-refractivity contribution in [2.24, 2.45) is 5.41 Å². The lowest BCUT2D eigenvalue weighted by atomic mass is 9.72. The summed E-state index contributed by atoms with van der Waals surface area (Å²) in [6.45, 7) is 8.45. The van der Waals surface area contributed by atoms with E-state index in [9.17, 15) is 5.11 Å². The van der Waals surface area contributed by atoms with E-state index in [2.05, 4.69) is 19.6 Å². The molecule has 1 fully saturated rings. The average molecular weight is 180 g/mol. The molecule has 1 saturated carbocycles. The molecule has 0 amide bonds. The minimum absolute atomic E-state index is 0.134. The highest BCUT2D eigenvalue weighted by molar-refractivity contribution is 5.20. The second-order valence-corrected chi connectivity index (χ2v) is 4.83. The summed E-state index contributed by atoms with van der Waals surface area (Å²) in [4.78, 5) is 0. The van der Waals surface area contributed by atoms with Gasteiger partial charge in [0.2, 0.25) is 0 Å². The van der Waals surface area contributed by atoms with Crippen LogP contribution in [0.5, 0.6) is 0 Å². The molecular formula is C12H20O. The molecule has 0 aromatic carbocycles. The van der Waals surface area contributed by atoms with Gasteiger partial charge in [0, 0.05) is 5.57 Å². The molecular weight excluding hydrogens is 160 g/mol. The Morgan fingerprint density at radius 2 is 2.08 bits per heavy atom. The number of aliphatic hydroxyl groups is 1. The van der Waals surface area contributed by atoms with E-state index in [1.807, 2.05) is 13.8 Å². The van der Waals surface area contributed by atoms with Crippen LogP contribution in [0.25, 0.3) is 0 Å². The normalized spacial score (nSPS) is 26.8. The molecule has 0 bridgehead atoms. The Morgan fingerprint density at radius 1 is 1.46 bits per heavy atom. The smallest absolute Gasteiger partial charge is 0.0829 e. The topological polar surface area (TPSA) is 20.2 Å². The highest BCUT2D eigenvalue weighted by atomic mass is 16.3. The Balaban J connectivity index is 3.08. The minimum atomic E-state index is -0.265. The van der Waals surface area contributed by atoms with Crippen LogP contribution >= 0.6 is 0 Å². The third-order valence-corrected chi connectivity index (χ3v) is 2.73. The summed E-state index contributed by atoms with van der Waals surface area (Å²) >= 11 is 0. The largest absolute Gasteiger partial charge is 0.388 e. The zero-order chi connectivity index (χ0) is 10.1. The fourth-order valence-corrected chi connectivity index (χ4v) is 1.99. The average Bonchev–Trinajstić information content (AvgIpc) is 1.96. The van der Waals surface area contributed by atoms with Gasteiger partial charge in [0.1, 0.15) is 0 Å². The third-order valence-electron chi connectivity index (χ3n) is 2.73. The Morgan fingerprint density at radius 3 is 2.54 bits per heavy atom. The zero-order valence-electron chi connectivity index (χ0n) is 9.15. The molecule has 1 heteroatoms. The first-order chi connectivity index (χ1) is 5.93. The molecule has 1 aliphatic rings. The van der Waals surface area contributed by atoms with Crippen molar-refractivity contribution in [3.63, 3.8) is 0 Å². The van der Waals surface area contributed by atoms with Gasteiger partial charge >= 0.3 is 0 Å². The Hall–Kier alpha value is -0.520. The van der Waals surface area contributed by atoms with Gasteiger partial charge in [-0.2, -0.15) is 0 Å². The van der Waals surface area contributed by atoms with Gasteiger partial charge < -0.3 is 5.11 Å². The Bertz CT molecular complexity index is 250. The quantitative estimate of drug-likeness (QED) is 0.568. The van der Waals surface area contributed by atoms with E-state index in [0.29, 0.717) is 0 Å². The lowest BCUT2D eigenvalue weighted by Crippen LogP contribution is -2.29. The molecule has 74 valence electrons. The fourth-order valence-electron chi connectivity index (χ4n) is 1.99. The minimum Gasteiger partial charge on any atom is -0.388 e. The summed E-state index contributed by atoms with van der Waals surface area (Å²) in [6.07, 6.45) is 2.93. The second kappa shape index (κ2) is 3.69. The number of hydrogen-bond donors (Lipinski definition) is 1. The van der Waals surface area contributed by atoms with Gasteiger partial charge in [-0.05, 0) is 44.1 Å². The molecule has 1 N–H and O–H groups in total. The lowest BCUT2D eigenvalue weighted by molar-refractivity contribution is 0.134. The van der Waals surface area contributed by atoms with Gasteiger partial charge in [-0.3, -0.25) is 0 Å². The van der Waals surface area contributed by atoms with E-state index in [4.69, 9.17) is 0 Å². The molecule has 0 aliphatic heterocycles. The molecule has 0 aromatic rings. The molecule has 1 rings (SSSR count). The van der Waals surface area contributed by atoms with Crippen molar-refractivity contribution in [3.8, 4) is 0 Å². The van der Waals surface area contributed by atoms with Gasteiger partial charge in [-0.25, -0.2) is 0 Å². The molecule has 13 heavy (non-hydrogen) atoms.